The van der Waals surface area contributed by atoms with Gasteiger partial charge >= 0.3 is 0 Å². The Labute approximate surface area is 231 Å². The summed E-state index contributed by atoms with van der Waals surface area (Å²) in [4.78, 5) is 17.3. The molecule has 0 spiro atoms. The van der Waals surface area contributed by atoms with E-state index >= 15 is 0 Å². The van der Waals surface area contributed by atoms with E-state index in [-0.39, 0.29) is 0 Å². The maximum absolute atomic E-state index is 5.12. The Balaban J connectivity index is 1.48. The minimum absolute atomic E-state index is 0.567. The van der Waals surface area contributed by atoms with Crippen LogP contribution in [0.2, 0.25) is 0 Å². The number of hydrogen-bond donors (Lipinski definition) is 0. The van der Waals surface area contributed by atoms with E-state index in [0.717, 1.165) is 50.3 Å². The zero-order valence-corrected chi connectivity index (χ0v) is 21.5. The molecule has 5 nitrogen and oxygen atoms in total. The Kier molecular flexibility index (Phi) is 5.07. The molecule has 40 heavy (non-hydrogen) atoms. The highest BCUT2D eigenvalue weighted by Crippen LogP contribution is 2.48. The minimum Gasteiger partial charge on any atom is -0.295 e. The smallest absolute Gasteiger partial charge is 0.239 e. The molecule has 0 saturated heterocycles. The molecule has 0 radical (unpaired) electrons. The quantitative estimate of drug-likeness (QED) is 0.237. The van der Waals surface area contributed by atoms with E-state index < -0.39 is 0 Å². The number of benzene rings is 5. The van der Waals surface area contributed by atoms with Gasteiger partial charge in [0.05, 0.1) is 16.9 Å². The fourth-order valence-corrected chi connectivity index (χ4v) is 5.58. The maximum atomic E-state index is 5.12. The molecule has 0 atom stereocenters. The van der Waals surface area contributed by atoms with Gasteiger partial charge in [0.1, 0.15) is 5.82 Å². The molecule has 7 aromatic rings. The third-order valence-electron chi connectivity index (χ3n) is 7.39. The number of aromatic nitrogens is 4. The van der Waals surface area contributed by atoms with Gasteiger partial charge in [0.15, 0.2) is 11.6 Å². The summed E-state index contributed by atoms with van der Waals surface area (Å²) in [5.74, 6) is 2.80. The summed E-state index contributed by atoms with van der Waals surface area (Å²) in [6.45, 7) is 0. The van der Waals surface area contributed by atoms with Crippen molar-refractivity contribution in [3.8, 4) is 39.6 Å². The summed E-state index contributed by atoms with van der Waals surface area (Å²) in [6.07, 6.45) is 0. The van der Waals surface area contributed by atoms with E-state index in [4.69, 9.17) is 15.0 Å². The molecule has 0 N–H and O–H groups in total. The van der Waals surface area contributed by atoms with Gasteiger partial charge in [0, 0.05) is 27.6 Å². The lowest BCUT2D eigenvalue weighted by atomic mass is 10.0. The van der Waals surface area contributed by atoms with Crippen LogP contribution in [0.3, 0.4) is 0 Å². The second-order valence-corrected chi connectivity index (χ2v) is 9.78. The molecule has 0 saturated carbocycles. The van der Waals surface area contributed by atoms with Crippen molar-refractivity contribution in [3.63, 3.8) is 0 Å². The van der Waals surface area contributed by atoms with Gasteiger partial charge < -0.3 is 0 Å². The van der Waals surface area contributed by atoms with Crippen LogP contribution < -0.4 is 4.90 Å². The second-order valence-electron chi connectivity index (χ2n) is 9.78. The van der Waals surface area contributed by atoms with Crippen LogP contribution in [0.4, 0.5) is 17.5 Å². The fraction of sp³-hybridized carbons (Fsp3) is 0. The Morgan fingerprint density at radius 3 is 1.65 bits per heavy atom. The lowest BCUT2D eigenvalue weighted by Gasteiger charge is -2.24. The summed E-state index contributed by atoms with van der Waals surface area (Å²) in [7, 11) is 0. The van der Waals surface area contributed by atoms with Crippen molar-refractivity contribution in [1.29, 1.82) is 0 Å². The van der Waals surface area contributed by atoms with E-state index in [2.05, 4.69) is 88.3 Å². The lowest BCUT2D eigenvalue weighted by Crippen LogP contribution is -2.17. The molecule has 0 fully saturated rings. The van der Waals surface area contributed by atoms with Gasteiger partial charge in [-0.1, -0.05) is 115 Å². The molecular formula is C35H23N5. The topological polar surface area (TPSA) is 46.8 Å². The van der Waals surface area contributed by atoms with Crippen LogP contribution in [0, 0.1) is 0 Å². The average Bonchev–Trinajstić information content (AvgIpc) is 3.35. The molecule has 0 aliphatic carbocycles. The van der Waals surface area contributed by atoms with E-state index in [1.807, 2.05) is 60.7 Å². The van der Waals surface area contributed by atoms with Crippen molar-refractivity contribution >= 4 is 28.4 Å². The summed E-state index contributed by atoms with van der Waals surface area (Å²) in [5, 5.41) is 1.15. The zero-order chi connectivity index (χ0) is 26.5. The molecule has 5 aromatic carbocycles. The number of hydrogen-bond acceptors (Lipinski definition) is 4. The first kappa shape index (κ1) is 22.4. The SMILES string of the molecule is c1ccc(-c2nc(-c3ccccc3)nc(N3c4ccccc4-c4ccccc4-n4c3cc3ccccc34)n2)cc1. The van der Waals surface area contributed by atoms with Crippen LogP contribution in [0.5, 0.6) is 0 Å². The molecule has 2 aromatic heterocycles. The number of fused-ring (bicyclic) bond motifs is 7. The van der Waals surface area contributed by atoms with Crippen LogP contribution in [0.1, 0.15) is 0 Å². The number of anilines is 3. The summed E-state index contributed by atoms with van der Waals surface area (Å²) in [6, 6.07) is 48.0. The predicted molar refractivity (Wildman–Crippen MR) is 161 cm³/mol. The third kappa shape index (κ3) is 3.52. The molecule has 0 amide bonds. The molecule has 1 aliphatic rings. The number of rotatable bonds is 3. The van der Waals surface area contributed by atoms with Gasteiger partial charge in [-0.3, -0.25) is 9.47 Å². The highest BCUT2D eigenvalue weighted by Gasteiger charge is 2.29. The van der Waals surface area contributed by atoms with Gasteiger partial charge in [-0.15, -0.1) is 0 Å². The maximum Gasteiger partial charge on any atom is 0.239 e. The highest BCUT2D eigenvalue weighted by atomic mass is 15.3. The summed E-state index contributed by atoms with van der Waals surface area (Å²) < 4.78 is 2.32. The van der Waals surface area contributed by atoms with Crippen LogP contribution in [0.15, 0.2) is 140 Å². The fourth-order valence-electron chi connectivity index (χ4n) is 5.58. The van der Waals surface area contributed by atoms with Crippen LogP contribution in [0.25, 0.3) is 50.5 Å². The van der Waals surface area contributed by atoms with Gasteiger partial charge in [-0.25, -0.2) is 4.98 Å². The first-order valence-electron chi connectivity index (χ1n) is 13.3. The van der Waals surface area contributed by atoms with Crippen molar-refractivity contribution < 1.29 is 0 Å². The van der Waals surface area contributed by atoms with Crippen molar-refractivity contribution in [2.24, 2.45) is 0 Å². The average molecular weight is 514 g/mol. The van der Waals surface area contributed by atoms with Crippen LogP contribution in [-0.4, -0.2) is 19.5 Å². The van der Waals surface area contributed by atoms with E-state index in [1.54, 1.807) is 0 Å². The van der Waals surface area contributed by atoms with Gasteiger partial charge in [0.25, 0.3) is 0 Å². The van der Waals surface area contributed by atoms with Gasteiger partial charge in [0.2, 0.25) is 5.95 Å². The van der Waals surface area contributed by atoms with E-state index in [0.29, 0.717) is 17.6 Å². The van der Waals surface area contributed by atoms with Gasteiger partial charge in [-0.2, -0.15) is 9.97 Å². The van der Waals surface area contributed by atoms with Crippen molar-refractivity contribution in [1.82, 2.24) is 19.5 Å². The second kappa shape index (κ2) is 9.03. The Hall–Kier alpha value is -5.55. The van der Waals surface area contributed by atoms with E-state index in [9.17, 15) is 0 Å². The normalized spacial score (nSPS) is 11.9. The first-order chi connectivity index (χ1) is 19.8. The zero-order valence-electron chi connectivity index (χ0n) is 21.5. The molecular weight excluding hydrogens is 490 g/mol. The molecule has 3 heterocycles. The monoisotopic (exact) mass is 513 g/mol. The van der Waals surface area contributed by atoms with Crippen LogP contribution >= 0.6 is 0 Å². The minimum atomic E-state index is 0.567. The Morgan fingerprint density at radius 2 is 0.975 bits per heavy atom. The molecule has 8 rings (SSSR count). The Morgan fingerprint density at radius 1 is 0.450 bits per heavy atom. The molecule has 0 bridgehead atoms. The highest BCUT2D eigenvalue weighted by molar-refractivity contribution is 5.98. The largest absolute Gasteiger partial charge is 0.295 e. The van der Waals surface area contributed by atoms with E-state index in [1.165, 1.54) is 0 Å². The Bertz CT molecular complexity index is 1950. The van der Waals surface area contributed by atoms with Crippen LogP contribution in [-0.2, 0) is 0 Å². The van der Waals surface area contributed by atoms with Crippen molar-refractivity contribution in [2.75, 3.05) is 4.90 Å². The number of para-hydroxylation sites is 3. The molecule has 1 aliphatic heterocycles. The predicted octanol–water partition coefficient (Wildman–Crippen LogP) is 8.60. The lowest BCUT2D eigenvalue weighted by molar-refractivity contribution is 0.994. The third-order valence-corrected chi connectivity index (χ3v) is 7.39. The summed E-state index contributed by atoms with van der Waals surface area (Å²) >= 11 is 0. The number of nitrogens with zero attached hydrogens (tertiary/aromatic N) is 5. The molecule has 5 heteroatoms. The summed E-state index contributed by atoms with van der Waals surface area (Å²) in [5.41, 5.74) is 7.42. The van der Waals surface area contributed by atoms with Crippen molar-refractivity contribution in [2.45, 2.75) is 0 Å². The van der Waals surface area contributed by atoms with Gasteiger partial charge in [-0.05, 0) is 24.3 Å². The van der Waals surface area contributed by atoms with Crippen molar-refractivity contribution in [3.05, 3.63) is 140 Å². The molecule has 188 valence electrons. The first-order valence-corrected chi connectivity index (χ1v) is 13.3. The molecule has 0 unspecified atom stereocenters. The standard InChI is InChI=1S/C35H23N5/c1-3-13-24(14-4-1)33-36-34(25-15-5-2-6-16-25)38-35(37-33)40-31-22-12-9-19-28(31)27-18-8-11-21-30(27)39-29-20-10-7-17-26(29)23-32(39)40/h1-23H.